The molecule has 0 saturated carbocycles. The summed E-state index contributed by atoms with van der Waals surface area (Å²) in [7, 11) is 0. The Bertz CT molecular complexity index is 1030. The Balaban J connectivity index is 1.76. The van der Waals surface area contributed by atoms with Crippen molar-refractivity contribution in [1.82, 2.24) is 24.8 Å². The van der Waals surface area contributed by atoms with Crippen LogP contribution in [0.1, 0.15) is 24.0 Å². The average Bonchev–Trinajstić information content (AvgIpc) is 2.97. The van der Waals surface area contributed by atoms with Crippen LogP contribution in [0.4, 0.5) is 0 Å². The molecule has 0 spiro atoms. The Hall–Kier alpha value is -3.15. The highest BCUT2D eigenvalue weighted by Gasteiger charge is 2.10. The lowest BCUT2D eigenvalue weighted by molar-refractivity contribution is 0.832. The summed E-state index contributed by atoms with van der Waals surface area (Å²) in [5, 5.41) is 21.7. The van der Waals surface area contributed by atoms with Crippen LogP contribution in [0.15, 0.2) is 48.7 Å². The molecule has 4 rings (SSSR count). The van der Waals surface area contributed by atoms with E-state index >= 15 is 0 Å². The number of aromatic nitrogens is 5. The van der Waals surface area contributed by atoms with Crippen LogP contribution in [-0.4, -0.2) is 30.5 Å². The highest BCUT2D eigenvalue weighted by molar-refractivity contribution is 5.94. The van der Waals surface area contributed by atoms with Crippen LogP contribution in [0.2, 0.25) is 0 Å². The Kier molecular flexibility index (Phi) is 3.08. The Morgan fingerprint density at radius 2 is 2.04 bits per heavy atom. The van der Waals surface area contributed by atoms with Crippen LogP contribution < -0.4 is 0 Å². The van der Waals surface area contributed by atoms with E-state index in [1.165, 1.54) is 0 Å². The van der Waals surface area contributed by atoms with E-state index in [0.717, 1.165) is 22.3 Å². The zero-order chi connectivity index (χ0) is 15.8. The lowest BCUT2D eigenvalue weighted by Gasteiger charge is -2.03. The monoisotopic (exact) mass is 302 g/mol. The number of pyridine rings is 1. The minimum absolute atomic E-state index is 0.420. The maximum absolute atomic E-state index is 7.72. The first-order chi connectivity index (χ1) is 11.2. The first-order valence-corrected chi connectivity index (χ1v) is 7.31. The van der Waals surface area contributed by atoms with Gasteiger partial charge in [-0.3, -0.25) is 4.98 Å². The normalized spacial score (nSPS) is 11.2. The molecule has 1 N–H and O–H groups in total. The van der Waals surface area contributed by atoms with Crippen LogP contribution in [-0.2, 0) is 6.42 Å². The molecule has 6 heteroatoms. The van der Waals surface area contributed by atoms with E-state index in [-0.39, 0.29) is 0 Å². The van der Waals surface area contributed by atoms with E-state index in [1.807, 2.05) is 30.3 Å². The fraction of sp³-hybridized carbons (Fsp3) is 0.118. The Labute approximate surface area is 132 Å². The minimum Gasteiger partial charge on any atom is -0.303 e. The predicted octanol–water partition coefficient (Wildman–Crippen LogP) is 2.65. The van der Waals surface area contributed by atoms with Gasteiger partial charge in [-0.2, -0.15) is 9.61 Å². The number of rotatable bonds is 3. The SMILES string of the molecule is CC(=N)c1ccc2nnc(Cc3ccc4ncccc4c3)n2n1. The number of fused-ring (bicyclic) bond motifs is 2. The van der Waals surface area contributed by atoms with Crippen molar-refractivity contribution in [1.29, 1.82) is 5.41 Å². The quantitative estimate of drug-likeness (QED) is 0.590. The zero-order valence-electron chi connectivity index (χ0n) is 12.6. The van der Waals surface area contributed by atoms with Gasteiger partial charge in [0.25, 0.3) is 0 Å². The predicted molar refractivity (Wildman–Crippen MR) is 87.8 cm³/mol. The van der Waals surface area contributed by atoms with E-state index in [1.54, 1.807) is 23.7 Å². The molecular formula is C17H14N6. The molecule has 0 atom stereocenters. The van der Waals surface area contributed by atoms with Crippen molar-refractivity contribution in [3.63, 3.8) is 0 Å². The van der Waals surface area contributed by atoms with Gasteiger partial charge in [0.05, 0.1) is 11.2 Å². The summed E-state index contributed by atoms with van der Waals surface area (Å²) >= 11 is 0. The lowest BCUT2D eigenvalue weighted by Crippen LogP contribution is -2.05. The second-order valence-corrected chi connectivity index (χ2v) is 5.44. The number of hydrogen-bond donors (Lipinski definition) is 1. The first-order valence-electron chi connectivity index (χ1n) is 7.31. The van der Waals surface area contributed by atoms with Crippen LogP contribution in [0.25, 0.3) is 16.6 Å². The lowest BCUT2D eigenvalue weighted by atomic mass is 10.1. The fourth-order valence-corrected chi connectivity index (χ4v) is 2.56. The van der Waals surface area contributed by atoms with Crippen molar-refractivity contribution in [3.05, 3.63) is 65.7 Å². The molecule has 23 heavy (non-hydrogen) atoms. The van der Waals surface area contributed by atoms with Crippen molar-refractivity contribution in [2.75, 3.05) is 0 Å². The zero-order valence-corrected chi connectivity index (χ0v) is 12.6. The molecule has 0 aliphatic heterocycles. The first kappa shape index (κ1) is 13.5. The van der Waals surface area contributed by atoms with Crippen LogP contribution in [0.3, 0.4) is 0 Å². The molecule has 3 heterocycles. The second kappa shape index (κ2) is 5.24. The van der Waals surface area contributed by atoms with Gasteiger partial charge >= 0.3 is 0 Å². The second-order valence-electron chi connectivity index (χ2n) is 5.44. The van der Waals surface area contributed by atoms with Crippen molar-refractivity contribution >= 4 is 22.3 Å². The van der Waals surface area contributed by atoms with E-state index < -0.39 is 0 Å². The topological polar surface area (TPSA) is 79.8 Å². The molecule has 0 fully saturated rings. The van der Waals surface area contributed by atoms with E-state index in [0.29, 0.717) is 23.5 Å². The third kappa shape index (κ3) is 2.44. The van der Waals surface area contributed by atoms with Gasteiger partial charge in [-0.25, -0.2) is 0 Å². The molecule has 1 aromatic carbocycles. The van der Waals surface area contributed by atoms with Gasteiger partial charge in [0.2, 0.25) is 0 Å². The van der Waals surface area contributed by atoms with E-state index in [9.17, 15) is 0 Å². The number of hydrogen-bond acceptors (Lipinski definition) is 5. The summed E-state index contributed by atoms with van der Waals surface area (Å²) in [5.74, 6) is 0.756. The highest BCUT2D eigenvalue weighted by atomic mass is 15.4. The van der Waals surface area contributed by atoms with Gasteiger partial charge in [0, 0.05) is 18.0 Å². The van der Waals surface area contributed by atoms with Crippen molar-refractivity contribution in [2.45, 2.75) is 13.3 Å². The van der Waals surface area contributed by atoms with Crippen molar-refractivity contribution in [2.24, 2.45) is 0 Å². The molecule has 0 unspecified atom stereocenters. The van der Waals surface area contributed by atoms with Crippen LogP contribution >= 0.6 is 0 Å². The van der Waals surface area contributed by atoms with Gasteiger partial charge in [-0.15, -0.1) is 10.2 Å². The molecule has 0 aliphatic rings. The number of benzene rings is 1. The summed E-state index contributed by atoms with van der Waals surface area (Å²) in [6.45, 7) is 1.72. The average molecular weight is 302 g/mol. The summed E-state index contributed by atoms with van der Waals surface area (Å²) in [5.41, 5.74) is 3.83. The molecule has 112 valence electrons. The van der Waals surface area contributed by atoms with Gasteiger partial charge in [-0.1, -0.05) is 12.1 Å². The van der Waals surface area contributed by atoms with Crippen LogP contribution in [0, 0.1) is 5.41 Å². The Morgan fingerprint density at radius 3 is 2.91 bits per heavy atom. The standard InChI is InChI=1S/C17H14N6/c1-11(18)14-6-7-16-20-21-17(23(16)22-14)10-12-4-5-15-13(9-12)3-2-8-19-15/h2-9,18H,10H2,1H3. The Morgan fingerprint density at radius 1 is 1.13 bits per heavy atom. The smallest absolute Gasteiger partial charge is 0.177 e. The molecule has 0 radical (unpaired) electrons. The van der Waals surface area contributed by atoms with Gasteiger partial charge in [0.15, 0.2) is 11.5 Å². The summed E-state index contributed by atoms with van der Waals surface area (Å²) in [4.78, 5) is 4.33. The van der Waals surface area contributed by atoms with E-state index in [2.05, 4.69) is 26.3 Å². The van der Waals surface area contributed by atoms with Gasteiger partial charge in [-0.05, 0) is 42.8 Å². The van der Waals surface area contributed by atoms with Gasteiger partial charge in [0.1, 0.15) is 5.69 Å². The molecule has 4 aromatic rings. The molecular weight excluding hydrogens is 288 g/mol. The number of nitrogens with zero attached hydrogens (tertiary/aromatic N) is 5. The molecule has 0 amide bonds. The van der Waals surface area contributed by atoms with Gasteiger partial charge < -0.3 is 5.41 Å². The van der Waals surface area contributed by atoms with Crippen molar-refractivity contribution < 1.29 is 0 Å². The van der Waals surface area contributed by atoms with Crippen molar-refractivity contribution in [3.8, 4) is 0 Å². The van der Waals surface area contributed by atoms with E-state index in [4.69, 9.17) is 5.41 Å². The largest absolute Gasteiger partial charge is 0.303 e. The third-order valence-corrected chi connectivity index (χ3v) is 3.74. The molecule has 3 aromatic heterocycles. The molecule has 0 bridgehead atoms. The number of nitrogens with one attached hydrogen (secondary N) is 1. The maximum atomic E-state index is 7.72. The summed E-state index contributed by atoms with van der Waals surface area (Å²) in [6.07, 6.45) is 2.42. The summed E-state index contributed by atoms with van der Waals surface area (Å²) in [6, 6.07) is 13.8. The minimum atomic E-state index is 0.420. The van der Waals surface area contributed by atoms with Crippen LogP contribution in [0.5, 0.6) is 0 Å². The molecule has 6 nitrogen and oxygen atoms in total. The maximum Gasteiger partial charge on any atom is 0.177 e. The fourth-order valence-electron chi connectivity index (χ4n) is 2.56. The molecule has 0 saturated heterocycles. The molecule has 0 aliphatic carbocycles. The summed E-state index contributed by atoms with van der Waals surface area (Å²) < 4.78 is 1.71. The third-order valence-electron chi connectivity index (χ3n) is 3.74. The highest BCUT2D eigenvalue weighted by Crippen LogP contribution is 2.16.